The van der Waals surface area contributed by atoms with Gasteiger partial charge in [-0.25, -0.2) is 0 Å². The number of amides is 1. The Labute approximate surface area is 588 Å². The van der Waals surface area contributed by atoms with Crippen LogP contribution in [0.1, 0.15) is 348 Å². The molecular weight excluding hydrogens is 1240 g/mol. The summed E-state index contributed by atoms with van der Waals surface area (Å²) in [4.78, 5) is 13.5. The molecule has 12 N–H and O–H groups in total. The molecule has 17 atom stereocenters. The highest BCUT2D eigenvalue weighted by Crippen LogP contribution is 2.33. The van der Waals surface area contributed by atoms with Gasteiger partial charge in [0.05, 0.1) is 38.6 Å². The highest BCUT2D eigenvalue weighted by molar-refractivity contribution is 5.76. The molecule has 0 bridgehead atoms. The number of hydrogen-bond acceptors (Lipinski definition) is 18. The van der Waals surface area contributed by atoms with Crippen molar-refractivity contribution in [2.75, 3.05) is 26.4 Å². The van der Waals surface area contributed by atoms with Gasteiger partial charge in [0.25, 0.3) is 0 Å². The standard InChI is InChI=1S/C78H149NO18/c1-3-5-7-9-11-13-15-17-19-21-23-25-27-28-29-30-31-32-34-35-37-39-41-43-45-47-49-51-53-55-62(83)61(79-66(84)56-54-52-50-48-46-44-42-40-38-36-33-26-24-22-20-18-16-14-12-10-8-6-4-2)60-92-76-72(90)69(87)74(64(58-81)94-76)97-78-73(91)70(88)75(65(59-82)95-78)96-77-71(89)68(86)67(85)63(57-80)93-77/h53,55,61-65,67-78,80-83,85-91H,3-52,54,56-60H2,1-2H3,(H,79,84)/b55-53+. The van der Waals surface area contributed by atoms with Gasteiger partial charge in [0, 0.05) is 6.42 Å². The minimum absolute atomic E-state index is 0.250. The smallest absolute Gasteiger partial charge is 0.220 e. The van der Waals surface area contributed by atoms with Crippen molar-refractivity contribution >= 4 is 5.91 Å². The molecular formula is C78H149NO18. The minimum Gasteiger partial charge on any atom is -0.394 e. The molecule has 3 aliphatic heterocycles. The van der Waals surface area contributed by atoms with Gasteiger partial charge in [-0.3, -0.25) is 4.79 Å². The molecule has 0 aromatic heterocycles. The molecule has 0 radical (unpaired) electrons. The molecule has 574 valence electrons. The van der Waals surface area contributed by atoms with Crippen LogP contribution < -0.4 is 5.32 Å². The van der Waals surface area contributed by atoms with Crippen LogP contribution in [0, 0.1) is 0 Å². The van der Waals surface area contributed by atoms with E-state index in [-0.39, 0.29) is 18.9 Å². The Hall–Kier alpha value is -1.47. The summed E-state index contributed by atoms with van der Waals surface area (Å²) >= 11 is 0. The second-order valence-corrected chi connectivity index (χ2v) is 29.2. The molecule has 0 aromatic carbocycles. The predicted octanol–water partition coefficient (Wildman–Crippen LogP) is 13.2. The summed E-state index contributed by atoms with van der Waals surface area (Å²) in [6, 6.07) is -0.970. The lowest BCUT2D eigenvalue weighted by atomic mass is 9.96. The molecule has 3 saturated heterocycles. The summed E-state index contributed by atoms with van der Waals surface area (Å²) in [5, 5.41) is 121. The number of allylic oxidation sites excluding steroid dienone is 1. The van der Waals surface area contributed by atoms with Crippen molar-refractivity contribution in [3.63, 3.8) is 0 Å². The molecule has 3 fully saturated rings. The topological polar surface area (TPSA) is 307 Å². The predicted molar refractivity (Wildman–Crippen MR) is 383 cm³/mol. The number of unbranched alkanes of at least 4 members (excludes halogenated alkanes) is 49. The van der Waals surface area contributed by atoms with Crippen LogP contribution in [0.2, 0.25) is 0 Å². The van der Waals surface area contributed by atoms with E-state index >= 15 is 0 Å². The van der Waals surface area contributed by atoms with Gasteiger partial charge in [0.1, 0.15) is 73.2 Å². The fourth-order valence-electron chi connectivity index (χ4n) is 14.1. The summed E-state index contributed by atoms with van der Waals surface area (Å²) < 4.78 is 34.5. The number of aliphatic hydroxyl groups is 11. The maximum absolute atomic E-state index is 13.5. The zero-order valence-corrected chi connectivity index (χ0v) is 61.3. The quantitative estimate of drug-likeness (QED) is 0.0199. The molecule has 3 rings (SSSR count). The maximum Gasteiger partial charge on any atom is 0.220 e. The molecule has 3 aliphatic rings. The molecule has 0 saturated carbocycles. The Morgan fingerprint density at radius 1 is 0.361 bits per heavy atom. The number of aliphatic hydroxyl groups excluding tert-OH is 11. The molecule has 0 spiro atoms. The van der Waals surface area contributed by atoms with Crippen LogP contribution in [0.4, 0.5) is 0 Å². The fourth-order valence-corrected chi connectivity index (χ4v) is 14.1. The average Bonchev–Trinajstić information content (AvgIpc) is 0.789. The van der Waals surface area contributed by atoms with Gasteiger partial charge in [0.2, 0.25) is 5.91 Å². The zero-order valence-electron chi connectivity index (χ0n) is 61.3. The van der Waals surface area contributed by atoms with Crippen LogP contribution in [0.3, 0.4) is 0 Å². The molecule has 19 heteroatoms. The number of nitrogens with one attached hydrogen (secondary N) is 1. The van der Waals surface area contributed by atoms with Crippen molar-refractivity contribution in [1.82, 2.24) is 5.32 Å². The third kappa shape index (κ3) is 40.4. The fraction of sp³-hybridized carbons (Fsp3) is 0.962. The first kappa shape index (κ1) is 89.7. The van der Waals surface area contributed by atoms with E-state index in [4.69, 9.17) is 28.4 Å². The van der Waals surface area contributed by atoms with Gasteiger partial charge in [-0.2, -0.15) is 0 Å². The van der Waals surface area contributed by atoms with E-state index in [1.54, 1.807) is 6.08 Å². The second-order valence-electron chi connectivity index (χ2n) is 29.2. The molecule has 1 amide bonds. The van der Waals surface area contributed by atoms with Gasteiger partial charge in [-0.15, -0.1) is 0 Å². The highest BCUT2D eigenvalue weighted by atomic mass is 16.8. The van der Waals surface area contributed by atoms with E-state index in [9.17, 15) is 61.0 Å². The van der Waals surface area contributed by atoms with Crippen LogP contribution in [0.15, 0.2) is 12.2 Å². The normalized spacial score (nSPS) is 26.9. The number of carbonyl (C=O) groups is 1. The van der Waals surface area contributed by atoms with Gasteiger partial charge in [-0.1, -0.05) is 334 Å². The lowest BCUT2D eigenvalue weighted by Gasteiger charge is -2.48. The van der Waals surface area contributed by atoms with Gasteiger partial charge >= 0.3 is 0 Å². The van der Waals surface area contributed by atoms with Crippen LogP contribution >= 0.6 is 0 Å². The summed E-state index contributed by atoms with van der Waals surface area (Å²) in [5.41, 5.74) is 0. The van der Waals surface area contributed by atoms with E-state index < -0.39 is 124 Å². The second kappa shape index (κ2) is 59.9. The summed E-state index contributed by atoms with van der Waals surface area (Å²) in [6.07, 6.45) is 43.4. The van der Waals surface area contributed by atoms with E-state index in [0.29, 0.717) is 6.42 Å². The lowest BCUT2D eigenvalue weighted by Crippen LogP contribution is -2.66. The first-order valence-electron chi connectivity index (χ1n) is 40.4. The SMILES string of the molecule is CCCCCCCCCCCCCCCCCCCCCCCCCCCCC/C=C/C(O)C(COC1OC(CO)C(OC2OC(CO)C(OC3OC(CO)C(O)C(O)C3O)C(O)C2O)C(O)C1O)NC(=O)CCCCCCCCCCCCCCCCCCCCCCCCC. The van der Waals surface area contributed by atoms with Crippen LogP contribution in [0.25, 0.3) is 0 Å². The zero-order chi connectivity index (χ0) is 70.4. The monoisotopic (exact) mass is 1390 g/mol. The van der Waals surface area contributed by atoms with E-state index in [1.165, 1.54) is 276 Å². The number of rotatable bonds is 65. The Morgan fingerprint density at radius 3 is 0.969 bits per heavy atom. The van der Waals surface area contributed by atoms with Gasteiger partial charge in [0.15, 0.2) is 18.9 Å². The largest absolute Gasteiger partial charge is 0.394 e. The van der Waals surface area contributed by atoms with Crippen molar-refractivity contribution in [1.29, 1.82) is 0 Å². The Morgan fingerprint density at radius 2 is 0.639 bits per heavy atom. The Balaban J connectivity index is 1.38. The van der Waals surface area contributed by atoms with Crippen molar-refractivity contribution in [3.8, 4) is 0 Å². The number of hydrogen-bond donors (Lipinski definition) is 12. The molecule has 97 heavy (non-hydrogen) atoms. The summed E-state index contributed by atoms with van der Waals surface area (Å²) in [5.74, 6) is -0.266. The van der Waals surface area contributed by atoms with Crippen molar-refractivity contribution in [2.24, 2.45) is 0 Å². The Kier molecular flexibility index (Phi) is 55.4. The molecule has 19 nitrogen and oxygen atoms in total. The summed E-state index contributed by atoms with van der Waals surface area (Å²) in [6.45, 7) is 1.80. The first-order valence-corrected chi connectivity index (χ1v) is 40.4. The van der Waals surface area contributed by atoms with E-state index in [2.05, 4.69) is 19.2 Å². The first-order chi connectivity index (χ1) is 47.3. The maximum atomic E-state index is 13.5. The third-order valence-corrected chi connectivity index (χ3v) is 20.6. The molecule has 17 unspecified atom stereocenters. The summed E-state index contributed by atoms with van der Waals surface area (Å²) in [7, 11) is 0. The highest BCUT2D eigenvalue weighted by Gasteiger charge is 2.54. The average molecular weight is 1390 g/mol. The minimum atomic E-state index is -1.98. The Bertz CT molecular complexity index is 1800. The van der Waals surface area contributed by atoms with Gasteiger partial charge in [-0.05, 0) is 19.3 Å². The van der Waals surface area contributed by atoms with Crippen molar-refractivity contribution < 1.29 is 89.4 Å². The molecule has 0 aromatic rings. The van der Waals surface area contributed by atoms with E-state index in [1.807, 2.05) is 6.08 Å². The van der Waals surface area contributed by atoms with Crippen molar-refractivity contribution in [3.05, 3.63) is 12.2 Å². The molecule has 3 heterocycles. The molecule has 0 aliphatic carbocycles. The number of ether oxygens (including phenoxy) is 6. The van der Waals surface area contributed by atoms with Crippen LogP contribution in [-0.2, 0) is 33.2 Å². The third-order valence-electron chi connectivity index (χ3n) is 20.6. The van der Waals surface area contributed by atoms with Gasteiger partial charge < -0.3 is 89.9 Å². The lowest BCUT2D eigenvalue weighted by molar-refractivity contribution is -0.379. The van der Waals surface area contributed by atoms with Crippen LogP contribution in [0.5, 0.6) is 0 Å². The van der Waals surface area contributed by atoms with E-state index in [0.717, 1.165) is 44.9 Å². The number of carbonyl (C=O) groups excluding carboxylic acids is 1. The van der Waals surface area contributed by atoms with Crippen molar-refractivity contribution in [2.45, 2.75) is 452 Å². The van der Waals surface area contributed by atoms with Crippen LogP contribution in [-0.4, -0.2) is 193 Å².